The van der Waals surface area contributed by atoms with Gasteiger partial charge in [-0.2, -0.15) is 0 Å². The van der Waals surface area contributed by atoms with Gasteiger partial charge in [0.1, 0.15) is 5.78 Å². The number of ketones is 1. The van der Waals surface area contributed by atoms with Gasteiger partial charge >= 0.3 is 5.97 Å². The molecule has 120 valence electrons. The molecule has 0 amide bonds. The summed E-state index contributed by atoms with van der Waals surface area (Å²) >= 11 is 1.73. The number of ether oxygens (including phenoxy) is 2. The summed E-state index contributed by atoms with van der Waals surface area (Å²) in [6.07, 6.45) is 1.70. The smallest absolute Gasteiger partial charge is 0.338 e. The van der Waals surface area contributed by atoms with Gasteiger partial charge in [0.15, 0.2) is 0 Å². The number of hydrogen-bond acceptors (Lipinski definition) is 5. The zero-order valence-electron chi connectivity index (χ0n) is 13.0. The van der Waals surface area contributed by atoms with Gasteiger partial charge in [0.2, 0.25) is 0 Å². The number of carbonyl (C=O) groups excluding carboxylic acids is 2. The van der Waals surface area contributed by atoms with E-state index in [1.165, 1.54) is 0 Å². The van der Waals surface area contributed by atoms with Crippen molar-refractivity contribution in [2.45, 2.75) is 43.8 Å². The van der Waals surface area contributed by atoms with Crippen molar-refractivity contribution in [2.75, 3.05) is 13.2 Å². The van der Waals surface area contributed by atoms with E-state index in [9.17, 15) is 9.59 Å². The minimum Gasteiger partial charge on any atom is -0.462 e. The maximum absolute atomic E-state index is 11.8. The molecule has 0 aliphatic carbocycles. The van der Waals surface area contributed by atoms with Gasteiger partial charge in [-0.1, -0.05) is 19.1 Å². The van der Waals surface area contributed by atoms with Crippen LogP contribution in [0.3, 0.4) is 0 Å². The Morgan fingerprint density at radius 1 is 1.27 bits per heavy atom. The number of carbonyl (C=O) groups is 2. The Bertz CT molecular complexity index is 512. The summed E-state index contributed by atoms with van der Waals surface area (Å²) < 4.78 is 10.6. The van der Waals surface area contributed by atoms with Crippen LogP contribution in [0.2, 0.25) is 0 Å². The minimum absolute atomic E-state index is 0.0243. The van der Waals surface area contributed by atoms with Gasteiger partial charge in [-0.25, -0.2) is 4.79 Å². The Morgan fingerprint density at radius 3 is 2.59 bits per heavy atom. The van der Waals surface area contributed by atoms with Crippen LogP contribution in [-0.2, 0) is 20.9 Å². The Kier molecular flexibility index (Phi) is 6.46. The minimum atomic E-state index is -0.312. The third-order valence-electron chi connectivity index (χ3n) is 3.60. The third-order valence-corrected chi connectivity index (χ3v) is 5.22. The molecule has 0 bridgehead atoms. The second-order valence-electron chi connectivity index (χ2n) is 5.26. The van der Waals surface area contributed by atoms with Gasteiger partial charge in [-0.3, -0.25) is 4.79 Å². The first-order chi connectivity index (χ1) is 10.6. The maximum atomic E-state index is 11.8. The average Bonchev–Trinajstić information content (AvgIpc) is 2.89. The molecule has 4 nitrogen and oxygen atoms in total. The molecular weight excluding hydrogens is 300 g/mol. The largest absolute Gasteiger partial charge is 0.462 e. The molecule has 0 saturated carbocycles. The molecule has 1 aromatic carbocycles. The SMILES string of the molecule is CCOC(=O)c1ccc(COCC2SC(CC)CC2=O)cc1. The summed E-state index contributed by atoms with van der Waals surface area (Å²) in [5.74, 6) is -0.0111. The lowest BCUT2D eigenvalue weighted by Gasteiger charge is -2.10. The molecule has 0 spiro atoms. The monoisotopic (exact) mass is 322 g/mol. The summed E-state index contributed by atoms with van der Waals surface area (Å²) in [5.41, 5.74) is 1.52. The van der Waals surface area contributed by atoms with E-state index in [0.717, 1.165) is 12.0 Å². The fraction of sp³-hybridized carbons (Fsp3) is 0.529. The number of benzene rings is 1. The first-order valence-corrected chi connectivity index (χ1v) is 8.60. The van der Waals surface area contributed by atoms with Crippen molar-refractivity contribution in [3.63, 3.8) is 0 Å². The molecule has 2 rings (SSSR count). The molecule has 1 aliphatic heterocycles. The van der Waals surface area contributed by atoms with E-state index in [2.05, 4.69) is 6.92 Å². The lowest BCUT2D eigenvalue weighted by Crippen LogP contribution is -2.17. The zero-order valence-corrected chi connectivity index (χ0v) is 13.9. The number of Topliss-reactive ketones (excluding diaryl/α,β-unsaturated/α-hetero) is 1. The molecule has 1 aliphatic rings. The first-order valence-electron chi connectivity index (χ1n) is 7.66. The predicted octanol–water partition coefficient (Wildman–Crippen LogP) is 3.23. The van der Waals surface area contributed by atoms with Crippen LogP contribution < -0.4 is 0 Å². The highest BCUT2D eigenvalue weighted by Gasteiger charge is 2.32. The van der Waals surface area contributed by atoms with E-state index < -0.39 is 0 Å². The highest BCUT2D eigenvalue weighted by Crippen LogP contribution is 2.33. The Labute approximate surface area is 135 Å². The summed E-state index contributed by atoms with van der Waals surface area (Å²) in [4.78, 5) is 23.4. The number of esters is 1. The topological polar surface area (TPSA) is 52.6 Å². The quantitative estimate of drug-likeness (QED) is 0.721. The lowest BCUT2D eigenvalue weighted by molar-refractivity contribution is -0.119. The second-order valence-corrected chi connectivity index (χ2v) is 6.77. The van der Waals surface area contributed by atoms with Crippen molar-refractivity contribution in [1.29, 1.82) is 0 Å². The molecule has 2 unspecified atom stereocenters. The van der Waals surface area contributed by atoms with Crippen LogP contribution >= 0.6 is 11.8 Å². The van der Waals surface area contributed by atoms with Crippen molar-refractivity contribution >= 4 is 23.5 Å². The summed E-state index contributed by atoms with van der Waals surface area (Å²) in [6, 6.07) is 7.17. The molecule has 1 saturated heterocycles. The van der Waals surface area contributed by atoms with Crippen LogP contribution in [0.4, 0.5) is 0 Å². The van der Waals surface area contributed by atoms with Gasteiger partial charge in [0, 0.05) is 11.7 Å². The van der Waals surface area contributed by atoms with Gasteiger partial charge in [0.05, 0.1) is 30.6 Å². The van der Waals surface area contributed by atoms with E-state index in [1.807, 2.05) is 12.1 Å². The molecule has 2 atom stereocenters. The molecule has 1 fully saturated rings. The Balaban J connectivity index is 1.78. The van der Waals surface area contributed by atoms with Crippen molar-refractivity contribution in [1.82, 2.24) is 0 Å². The van der Waals surface area contributed by atoms with E-state index in [4.69, 9.17) is 9.47 Å². The van der Waals surface area contributed by atoms with Crippen LogP contribution in [0.5, 0.6) is 0 Å². The first kappa shape index (κ1) is 17.0. The molecule has 1 aromatic rings. The highest BCUT2D eigenvalue weighted by molar-refractivity contribution is 8.01. The average molecular weight is 322 g/mol. The number of thioether (sulfide) groups is 1. The fourth-order valence-corrected chi connectivity index (χ4v) is 3.66. The predicted molar refractivity (Wildman–Crippen MR) is 87.1 cm³/mol. The normalized spacial score (nSPS) is 21.1. The van der Waals surface area contributed by atoms with Gasteiger partial charge in [-0.05, 0) is 31.0 Å². The standard InChI is InChI=1S/C17H22O4S/c1-3-14-9-15(18)16(22-14)11-20-10-12-5-7-13(8-6-12)17(19)21-4-2/h5-8,14,16H,3-4,9-11H2,1-2H3. The molecule has 0 aromatic heterocycles. The van der Waals surface area contributed by atoms with Gasteiger partial charge < -0.3 is 9.47 Å². The molecule has 22 heavy (non-hydrogen) atoms. The van der Waals surface area contributed by atoms with Crippen LogP contribution in [0.15, 0.2) is 24.3 Å². The van der Waals surface area contributed by atoms with E-state index in [1.54, 1.807) is 30.8 Å². The van der Waals surface area contributed by atoms with Crippen LogP contribution in [0, 0.1) is 0 Å². The van der Waals surface area contributed by atoms with Gasteiger partial charge in [0.25, 0.3) is 0 Å². The van der Waals surface area contributed by atoms with Crippen LogP contribution in [0.1, 0.15) is 42.6 Å². The van der Waals surface area contributed by atoms with Crippen LogP contribution in [-0.4, -0.2) is 35.5 Å². The maximum Gasteiger partial charge on any atom is 0.338 e. The Morgan fingerprint density at radius 2 is 2.00 bits per heavy atom. The number of rotatable bonds is 7. The second kappa shape index (κ2) is 8.34. The van der Waals surface area contributed by atoms with Gasteiger partial charge in [-0.15, -0.1) is 11.8 Å². The third kappa shape index (κ3) is 4.58. The number of hydrogen-bond donors (Lipinski definition) is 0. The molecule has 1 heterocycles. The molecule has 0 radical (unpaired) electrons. The molecule has 5 heteroatoms. The van der Waals surface area contributed by atoms with Crippen LogP contribution in [0.25, 0.3) is 0 Å². The van der Waals surface area contributed by atoms with E-state index in [-0.39, 0.29) is 11.2 Å². The fourth-order valence-electron chi connectivity index (χ4n) is 2.32. The zero-order chi connectivity index (χ0) is 15.9. The lowest BCUT2D eigenvalue weighted by atomic mass is 10.1. The highest BCUT2D eigenvalue weighted by atomic mass is 32.2. The van der Waals surface area contributed by atoms with Crippen molar-refractivity contribution in [3.05, 3.63) is 35.4 Å². The molecular formula is C17H22O4S. The van der Waals surface area contributed by atoms with Crippen molar-refractivity contribution in [3.8, 4) is 0 Å². The summed E-state index contributed by atoms with van der Waals surface area (Å²) in [7, 11) is 0. The van der Waals surface area contributed by atoms with E-state index in [0.29, 0.717) is 42.8 Å². The Hall–Kier alpha value is -1.33. The summed E-state index contributed by atoms with van der Waals surface area (Å²) in [5, 5.41) is 0.425. The van der Waals surface area contributed by atoms with E-state index >= 15 is 0 Å². The van der Waals surface area contributed by atoms with Crippen molar-refractivity contribution < 1.29 is 19.1 Å². The summed E-state index contributed by atoms with van der Waals surface area (Å²) in [6.45, 7) is 5.17. The molecule has 0 N–H and O–H groups in total. The van der Waals surface area contributed by atoms with Crippen molar-refractivity contribution in [2.24, 2.45) is 0 Å².